The molecule has 3 amide bonds. The van der Waals surface area contributed by atoms with Crippen LogP contribution in [-0.2, 0) is 13.1 Å². The van der Waals surface area contributed by atoms with Gasteiger partial charge in [0.1, 0.15) is 5.75 Å². The third-order valence-corrected chi connectivity index (χ3v) is 6.01. The number of carbonyl (C=O) groups is 2. The summed E-state index contributed by atoms with van der Waals surface area (Å²) in [5, 5.41) is 3.41. The maximum atomic E-state index is 13.1. The number of nitrogens with one attached hydrogen (secondary N) is 1. The molecular weight excluding hydrogens is 414 g/mol. The predicted octanol–water partition coefficient (Wildman–Crippen LogP) is 3.77. The summed E-state index contributed by atoms with van der Waals surface area (Å²) >= 11 is 1.39. The number of amides is 3. The minimum Gasteiger partial charge on any atom is -0.496 e. The summed E-state index contributed by atoms with van der Waals surface area (Å²) in [4.78, 5) is 38.4. The summed E-state index contributed by atoms with van der Waals surface area (Å²) in [6.07, 6.45) is 1.57. The zero-order valence-electron chi connectivity index (χ0n) is 17.8. The number of anilines is 1. The van der Waals surface area contributed by atoms with Crippen LogP contribution in [0.4, 0.5) is 9.93 Å². The van der Waals surface area contributed by atoms with E-state index in [-0.39, 0.29) is 11.9 Å². The Bertz CT molecular complexity index is 1130. The van der Waals surface area contributed by atoms with E-state index in [4.69, 9.17) is 4.74 Å². The fourth-order valence-corrected chi connectivity index (χ4v) is 4.49. The molecular formula is C22H23N5O3S. The fourth-order valence-electron chi connectivity index (χ4n) is 3.51. The van der Waals surface area contributed by atoms with Crippen molar-refractivity contribution < 1.29 is 14.3 Å². The molecule has 0 saturated carbocycles. The molecule has 31 heavy (non-hydrogen) atoms. The summed E-state index contributed by atoms with van der Waals surface area (Å²) < 4.78 is 5.48. The molecule has 4 rings (SSSR count). The summed E-state index contributed by atoms with van der Waals surface area (Å²) in [6, 6.07) is 9.39. The van der Waals surface area contributed by atoms with Gasteiger partial charge in [0, 0.05) is 37.1 Å². The van der Waals surface area contributed by atoms with Gasteiger partial charge >= 0.3 is 6.03 Å². The fraction of sp³-hybridized carbons (Fsp3) is 0.273. The maximum absolute atomic E-state index is 13.1. The molecule has 0 aliphatic carbocycles. The monoisotopic (exact) mass is 437 g/mol. The van der Waals surface area contributed by atoms with Crippen LogP contribution in [0.3, 0.4) is 0 Å². The molecule has 0 saturated heterocycles. The number of pyridine rings is 1. The van der Waals surface area contributed by atoms with Crippen LogP contribution in [0.25, 0.3) is 11.1 Å². The first kappa shape index (κ1) is 20.8. The van der Waals surface area contributed by atoms with Crippen LogP contribution >= 0.6 is 11.3 Å². The lowest BCUT2D eigenvalue weighted by Crippen LogP contribution is -2.35. The Labute approximate surface area is 184 Å². The number of thiazole rings is 1. The highest BCUT2D eigenvalue weighted by atomic mass is 32.1. The number of methoxy groups -OCH3 is 1. The lowest BCUT2D eigenvalue weighted by atomic mass is 9.99. The Morgan fingerprint density at radius 1 is 1.19 bits per heavy atom. The van der Waals surface area contributed by atoms with Crippen molar-refractivity contribution in [3.63, 3.8) is 0 Å². The highest BCUT2D eigenvalue weighted by Gasteiger charge is 2.28. The van der Waals surface area contributed by atoms with Crippen molar-refractivity contribution in [2.24, 2.45) is 0 Å². The Morgan fingerprint density at radius 3 is 2.68 bits per heavy atom. The van der Waals surface area contributed by atoms with Crippen molar-refractivity contribution in [2.45, 2.75) is 20.0 Å². The smallest absolute Gasteiger partial charge is 0.320 e. The van der Waals surface area contributed by atoms with E-state index >= 15 is 0 Å². The Kier molecular flexibility index (Phi) is 5.60. The minimum absolute atomic E-state index is 0.0528. The zero-order valence-corrected chi connectivity index (χ0v) is 18.6. The van der Waals surface area contributed by atoms with E-state index in [0.29, 0.717) is 29.5 Å². The highest BCUT2D eigenvalue weighted by molar-refractivity contribution is 7.16. The van der Waals surface area contributed by atoms with Crippen LogP contribution < -0.4 is 10.1 Å². The molecule has 0 spiro atoms. The first-order valence-electron chi connectivity index (χ1n) is 9.73. The summed E-state index contributed by atoms with van der Waals surface area (Å²) in [7, 11) is 5.06. The number of para-hydroxylation sites is 1. The molecule has 0 radical (unpaired) electrons. The van der Waals surface area contributed by atoms with Gasteiger partial charge in [-0.05, 0) is 19.1 Å². The van der Waals surface area contributed by atoms with Crippen LogP contribution in [0.2, 0.25) is 0 Å². The molecule has 3 aromatic rings. The maximum Gasteiger partial charge on any atom is 0.320 e. The minimum atomic E-state index is -0.290. The number of nitrogens with zero attached hydrogens (tertiary/aromatic N) is 4. The molecule has 0 bridgehead atoms. The van der Waals surface area contributed by atoms with Gasteiger partial charge in [-0.1, -0.05) is 29.5 Å². The van der Waals surface area contributed by atoms with Gasteiger partial charge in [-0.25, -0.2) is 9.78 Å². The van der Waals surface area contributed by atoms with Crippen molar-refractivity contribution in [3.05, 3.63) is 58.4 Å². The normalized spacial score (nSPS) is 12.5. The standard InChI is InChI=1S/C22H23N5O3S/c1-13-9-15(14-7-5-6-8-18(14)30-4)16(10-23-13)20(28)25-21-24-17-11-27(12-19(17)31-21)22(29)26(2)3/h5-10H,11-12H2,1-4H3,(H,24,25,28). The number of aryl methyl sites for hydroxylation is 1. The molecule has 160 valence electrons. The number of carbonyl (C=O) groups excluding carboxylic acids is 2. The van der Waals surface area contributed by atoms with E-state index in [9.17, 15) is 9.59 Å². The number of urea groups is 1. The van der Waals surface area contributed by atoms with Crippen molar-refractivity contribution in [2.75, 3.05) is 26.5 Å². The van der Waals surface area contributed by atoms with Gasteiger partial charge in [0.25, 0.3) is 5.91 Å². The van der Waals surface area contributed by atoms with Gasteiger partial charge in [0.05, 0.1) is 36.3 Å². The molecule has 2 aromatic heterocycles. The number of aromatic nitrogens is 2. The van der Waals surface area contributed by atoms with Crippen molar-refractivity contribution >= 4 is 28.4 Å². The molecule has 9 heteroatoms. The van der Waals surface area contributed by atoms with Gasteiger partial charge in [-0.3, -0.25) is 15.1 Å². The predicted molar refractivity (Wildman–Crippen MR) is 119 cm³/mol. The van der Waals surface area contributed by atoms with Crippen LogP contribution in [0.15, 0.2) is 36.5 Å². The average molecular weight is 438 g/mol. The Hall–Kier alpha value is -3.46. The molecule has 0 atom stereocenters. The molecule has 1 aliphatic heterocycles. The van der Waals surface area contributed by atoms with E-state index in [1.165, 1.54) is 11.3 Å². The molecule has 8 nitrogen and oxygen atoms in total. The van der Waals surface area contributed by atoms with E-state index < -0.39 is 0 Å². The van der Waals surface area contributed by atoms with E-state index in [1.807, 2.05) is 37.3 Å². The Balaban J connectivity index is 1.58. The molecule has 3 heterocycles. The SMILES string of the molecule is COc1ccccc1-c1cc(C)ncc1C(=O)Nc1nc2c(s1)CN(C(=O)N(C)C)C2. The van der Waals surface area contributed by atoms with Crippen molar-refractivity contribution in [1.29, 1.82) is 0 Å². The first-order valence-corrected chi connectivity index (χ1v) is 10.5. The Morgan fingerprint density at radius 2 is 1.97 bits per heavy atom. The van der Waals surface area contributed by atoms with Crippen LogP contribution in [0, 0.1) is 6.92 Å². The first-order chi connectivity index (χ1) is 14.9. The molecule has 1 aliphatic rings. The average Bonchev–Trinajstić information content (AvgIpc) is 3.31. The number of hydrogen-bond donors (Lipinski definition) is 1. The third-order valence-electron chi connectivity index (χ3n) is 5.01. The highest BCUT2D eigenvalue weighted by Crippen LogP contribution is 2.34. The summed E-state index contributed by atoms with van der Waals surface area (Å²) in [6.45, 7) is 2.82. The van der Waals surface area contributed by atoms with E-state index in [1.54, 1.807) is 37.2 Å². The number of benzene rings is 1. The van der Waals surface area contributed by atoms with Gasteiger partial charge in [0.2, 0.25) is 0 Å². The topological polar surface area (TPSA) is 87.7 Å². The van der Waals surface area contributed by atoms with Crippen LogP contribution in [0.1, 0.15) is 26.6 Å². The van der Waals surface area contributed by atoms with E-state index in [0.717, 1.165) is 27.4 Å². The number of fused-ring (bicyclic) bond motifs is 1. The second-order valence-corrected chi connectivity index (χ2v) is 8.53. The van der Waals surface area contributed by atoms with Crippen LogP contribution in [0.5, 0.6) is 5.75 Å². The second kappa shape index (κ2) is 8.35. The molecule has 0 unspecified atom stereocenters. The second-order valence-electron chi connectivity index (χ2n) is 7.45. The van der Waals surface area contributed by atoms with Gasteiger partial charge < -0.3 is 14.5 Å². The summed E-state index contributed by atoms with van der Waals surface area (Å²) in [5.41, 5.74) is 3.63. The number of hydrogen-bond acceptors (Lipinski definition) is 6. The summed E-state index contributed by atoms with van der Waals surface area (Å²) in [5.74, 6) is 0.392. The molecule has 1 N–H and O–H groups in total. The van der Waals surface area contributed by atoms with Crippen molar-refractivity contribution in [1.82, 2.24) is 19.8 Å². The van der Waals surface area contributed by atoms with Crippen molar-refractivity contribution in [3.8, 4) is 16.9 Å². The number of rotatable bonds is 4. The van der Waals surface area contributed by atoms with Gasteiger partial charge in [-0.2, -0.15) is 0 Å². The zero-order chi connectivity index (χ0) is 22.1. The van der Waals surface area contributed by atoms with E-state index in [2.05, 4.69) is 15.3 Å². The largest absolute Gasteiger partial charge is 0.496 e. The lowest BCUT2D eigenvalue weighted by molar-refractivity contribution is 0.102. The third kappa shape index (κ3) is 4.09. The van der Waals surface area contributed by atoms with Crippen LogP contribution in [-0.4, -0.2) is 52.9 Å². The van der Waals surface area contributed by atoms with Gasteiger partial charge in [0.15, 0.2) is 5.13 Å². The quantitative estimate of drug-likeness (QED) is 0.671. The molecule has 0 fully saturated rings. The lowest BCUT2D eigenvalue weighted by Gasteiger charge is -2.20. The molecule has 1 aromatic carbocycles. The number of ether oxygens (including phenoxy) is 1. The van der Waals surface area contributed by atoms with Gasteiger partial charge in [-0.15, -0.1) is 0 Å².